The van der Waals surface area contributed by atoms with Crippen LogP contribution in [0.1, 0.15) is 23.6 Å². The summed E-state index contributed by atoms with van der Waals surface area (Å²) in [5, 5.41) is 7.23. The fourth-order valence-electron chi connectivity index (χ4n) is 9.93. The number of benzene rings is 10. The first-order chi connectivity index (χ1) is 32.0. The van der Waals surface area contributed by atoms with Crippen LogP contribution in [0.3, 0.4) is 0 Å². The van der Waals surface area contributed by atoms with Crippen molar-refractivity contribution in [2.45, 2.75) is 13.3 Å². The molecule has 1 aliphatic rings. The predicted octanol–water partition coefficient (Wildman–Crippen LogP) is 16.5. The monoisotopic (exact) mass is 840 g/mol. The van der Waals surface area contributed by atoms with E-state index in [1.807, 2.05) is 12.1 Å². The van der Waals surface area contributed by atoms with Crippen molar-refractivity contribution in [1.29, 1.82) is 0 Å². The fourth-order valence-corrected chi connectivity index (χ4v) is 9.93. The first-order valence-corrected chi connectivity index (χ1v) is 22.4. The molecule has 0 radical (unpaired) electrons. The minimum absolute atomic E-state index is 0.271. The zero-order valence-electron chi connectivity index (χ0n) is 36.8. The first kappa shape index (κ1) is 39.7. The molecule has 1 unspecified atom stereocenters. The summed E-state index contributed by atoms with van der Waals surface area (Å²) >= 11 is 0. The lowest BCUT2D eigenvalue weighted by atomic mass is 9.77. The number of fused-ring (bicyclic) bond motifs is 4. The SMILES string of the molecule is COc1cccc(N(c2ccccc2)c2ccc3c(-c4ccc5ccccc5c4)c4cc(N(c5ccccc5)c5cccc(OC)c5)ccc4c(C4=Cc5ccccc5CC4C)c3c2)c1. The van der Waals surface area contributed by atoms with Crippen LogP contribution in [0.2, 0.25) is 0 Å². The molecule has 0 aromatic heterocycles. The van der Waals surface area contributed by atoms with Gasteiger partial charge in [0, 0.05) is 46.3 Å². The Morgan fingerprint density at radius 1 is 0.400 bits per heavy atom. The van der Waals surface area contributed by atoms with Crippen LogP contribution in [0.4, 0.5) is 34.1 Å². The maximum absolute atomic E-state index is 5.78. The van der Waals surface area contributed by atoms with Crippen molar-refractivity contribution in [3.8, 4) is 22.6 Å². The number of hydrogen-bond donors (Lipinski definition) is 0. The maximum atomic E-state index is 5.78. The Morgan fingerprint density at radius 2 is 0.908 bits per heavy atom. The molecule has 0 saturated carbocycles. The number of anilines is 6. The summed E-state index contributed by atoms with van der Waals surface area (Å²) in [5.41, 5.74) is 14.0. The maximum Gasteiger partial charge on any atom is 0.120 e. The molecule has 0 fully saturated rings. The third-order valence-electron chi connectivity index (χ3n) is 13.0. The van der Waals surface area contributed by atoms with E-state index in [1.54, 1.807) is 14.2 Å². The van der Waals surface area contributed by atoms with E-state index in [4.69, 9.17) is 9.47 Å². The van der Waals surface area contributed by atoms with Crippen molar-refractivity contribution < 1.29 is 9.47 Å². The Morgan fingerprint density at radius 3 is 1.52 bits per heavy atom. The lowest BCUT2D eigenvalue weighted by Gasteiger charge is -2.30. The number of ether oxygens (including phenoxy) is 2. The second-order valence-electron chi connectivity index (χ2n) is 16.9. The van der Waals surface area contributed by atoms with Gasteiger partial charge in [0.15, 0.2) is 0 Å². The number of nitrogens with zero attached hydrogens (tertiary/aromatic N) is 2. The standard InChI is InChI=1S/C61H48N2O2/c1-41-34-43-17-12-13-19-45(43)36-57(41)61-56-33-31-51(62(47-20-6-4-7-21-47)49-24-14-26-53(37-49)64-2)39-58(56)60(46-29-28-42-16-10-11-18-44(42)35-46)55-32-30-52(40-59(55)61)63(48-22-8-5-9-23-48)50-25-15-27-54(38-50)65-3/h4-33,35-41H,34H2,1-3H3. The molecule has 0 spiro atoms. The Labute approximate surface area is 380 Å². The summed E-state index contributed by atoms with van der Waals surface area (Å²) in [6.45, 7) is 2.39. The zero-order valence-corrected chi connectivity index (χ0v) is 36.8. The van der Waals surface area contributed by atoms with Gasteiger partial charge in [-0.05, 0) is 157 Å². The molecule has 4 nitrogen and oxygen atoms in total. The molecule has 4 heteroatoms. The smallest absolute Gasteiger partial charge is 0.120 e. The third kappa shape index (κ3) is 7.33. The molecule has 1 atom stereocenters. The fraction of sp³-hybridized carbons (Fsp3) is 0.0820. The molecule has 11 rings (SSSR count). The van der Waals surface area contributed by atoms with Crippen molar-refractivity contribution in [2.24, 2.45) is 5.92 Å². The van der Waals surface area contributed by atoms with E-state index >= 15 is 0 Å². The summed E-state index contributed by atoms with van der Waals surface area (Å²) in [6.07, 6.45) is 3.42. The van der Waals surface area contributed by atoms with Crippen molar-refractivity contribution in [2.75, 3.05) is 24.0 Å². The normalized spacial score (nSPS) is 13.3. The minimum atomic E-state index is 0.271. The van der Waals surface area contributed by atoms with Gasteiger partial charge in [0.1, 0.15) is 11.5 Å². The summed E-state index contributed by atoms with van der Waals surface area (Å²) in [7, 11) is 3.46. The van der Waals surface area contributed by atoms with Gasteiger partial charge in [0.25, 0.3) is 0 Å². The average Bonchev–Trinajstić information content (AvgIpc) is 3.36. The highest BCUT2D eigenvalue weighted by Gasteiger charge is 2.27. The highest BCUT2D eigenvalue weighted by atomic mass is 16.5. The molecule has 0 amide bonds. The van der Waals surface area contributed by atoms with Gasteiger partial charge < -0.3 is 19.3 Å². The molecule has 0 saturated heterocycles. The summed E-state index contributed by atoms with van der Waals surface area (Å²) < 4.78 is 11.6. The number of methoxy groups -OCH3 is 2. The Balaban J connectivity index is 1.26. The second-order valence-corrected chi connectivity index (χ2v) is 16.9. The second kappa shape index (κ2) is 16.9. The molecule has 0 heterocycles. The van der Waals surface area contributed by atoms with Crippen LogP contribution >= 0.6 is 0 Å². The van der Waals surface area contributed by atoms with E-state index in [-0.39, 0.29) is 5.92 Å². The van der Waals surface area contributed by atoms with Crippen LogP contribution < -0.4 is 19.3 Å². The van der Waals surface area contributed by atoms with Crippen molar-refractivity contribution in [1.82, 2.24) is 0 Å². The largest absolute Gasteiger partial charge is 0.497 e. The molecule has 0 aliphatic heterocycles. The minimum Gasteiger partial charge on any atom is -0.497 e. The van der Waals surface area contributed by atoms with Gasteiger partial charge in [-0.15, -0.1) is 0 Å². The highest BCUT2D eigenvalue weighted by Crippen LogP contribution is 2.50. The molecule has 314 valence electrons. The van der Waals surface area contributed by atoms with Crippen molar-refractivity contribution in [3.63, 3.8) is 0 Å². The number of rotatable bonds is 10. The Hall–Kier alpha value is -8.08. The topological polar surface area (TPSA) is 24.9 Å². The van der Waals surface area contributed by atoms with E-state index in [0.717, 1.165) is 52.0 Å². The Kier molecular flexibility index (Phi) is 10.3. The van der Waals surface area contributed by atoms with Crippen LogP contribution in [0.5, 0.6) is 11.5 Å². The highest BCUT2D eigenvalue weighted by molar-refractivity contribution is 6.21. The van der Waals surface area contributed by atoms with Gasteiger partial charge in [-0.3, -0.25) is 0 Å². The van der Waals surface area contributed by atoms with Gasteiger partial charge >= 0.3 is 0 Å². The van der Waals surface area contributed by atoms with Gasteiger partial charge in [0.2, 0.25) is 0 Å². The first-order valence-electron chi connectivity index (χ1n) is 22.4. The van der Waals surface area contributed by atoms with Crippen LogP contribution in [0.15, 0.2) is 212 Å². The summed E-state index contributed by atoms with van der Waals surface area (Å²) in [4.78, 5) is 4.68. The molecule has 0 N–H and O–H groups in total. The molecule has 65 heavy (non-hydrogen) atoms. The zero-order chi connectivity index (χ0) is 43.9. The summed E-state index contributed by atoms with van der Waals surface area (Å²) in [5.74, 6) is 1.89. The lowest BCUT2D eigenvalue weighted by Crippen LogP contribution is -2.12. The lowest BCUT2D eigenvalue weighted by molar-refractivity contribution is 0.415. The van der Waals surface area contributed by atoms with Crippen LogP contribution in [0.25, 0.3) is 55.1 Å². The van der Waals surface area contributed by atoms with Gasteiger partial charge in [-0.2, -0.15) is 0 Å². The molecule has 10 aromatic rings. The molecule has 0 bridgehead atoms. The van der Waals surface area contributed by atoms with E-state index in [1.165, 1.54) is 65.7 Å². The average molecular weight is 841 g/mol. The number of para-hydroxylation sites is 2. The van der Waals surface area contributed by atoms with Gasteiger partial charge in [0.05, 0.1) is 14.2 Å². The predicted molar refractivity (Wildman–Crippen MR) is 274 cm³/mol. The van der Waals surface area contributed by atoms with Crippen LogP contribution in [0, 0.1) is 5.92 Å². The molecule has 10 aromatic carbocycles. The van der Waals surface area contributed by atoms with E-state index < -0.39 is 0 Å². The molecular formula is C61H48N2O2. The third-order valence-corrected chi connectivity index (χ3v) is 13.0. The summed E-state index contributed by atoms with van der Waals surface area (Å²) in [6, 6.07) is 76.6. The van der Waals surface area contributed by atoms with E-state index in [0.29, 0.717) is 0 Å². The number of allylic oxidation sites excluding steroid dienone is 1. The van der Waals surface area contributed by atoms with Crippen molar-refractivity contribution in [3.05, 3.63) is 229 Å². The van der Waals surface area contributed by atoms with E-state index in [2.05, 4.69) is 223 Å². The van der Waals surface area contributed by atoms with Crippen LogP contribution in [-0.2, 0) is 6.42 Å². The van der Waals surface area contributed by atoms with Crippen molar-refractivity contribution >= 4 is 78.1 Å². The molecular weight excluding hydrogens is 793 g/mol. The van der Waals surface area contributed by atoms with Crippen LogP contribution in [-0.4, -0.2) is 14.2 Å². The van der Waals surface area contributed by atoms with E-state index in [9.17, 15) is 0 Å². The molecule has 1 aliphatic carbocycles. The number of hydrogen-bond acceptors (Lipinski definition) is 4. The van der Waals surface area contributed by atoms with Gasteiger partial charge in [-0.1, -0.05) is 134 Å². The quantitative estimate of drug-likeness (QED) is 0.128. The van der Waals surface area contributed by atoms with Gasteiger partial charge in [-0.25, -0.2) is 0 Å². The Bertz CT molecular complexity index is 3410.